The van der Waals surface area contributed by atoms with Gasteiger partial charge in [0.2, 0.25) is 0 Å². The van der Waals surface area contributed by atoms with Crippen LogP contribution in [-0.2, 0) is 4.74 Å². The zero-order valence-electron chi connectivity index (χ0n) is 10.5. The molecule has 0 fully saturated rings. The summed E-state index contributed by atoms with van der Waals surface area (Å²) in [6.07, 6.45) is -0.700. The van der Waals surface area contributed by atoms with Gasteiger partial charge in [-0.05, 0) is 30.3 Å². The maximum atomic E-state index is 12.9. The molecule has 0 aliphatic carbocycles. The molecule has 0 saturated heterocycles. The Balaban J connectivity index is 2.46. The molecule has 0 saturated carbocycles. The van der Waals surface area contributed by atoms with Crippen LogP contribution in [0.15, 0.2) is 18.2 Å². The first-order chi connectivity index (χ1) is 8.88. The fraction of sp³-hybridized carbons (Fsp3) is 0.333. The highest BCUT2D eigenvalue weighted by Crippen LogP contribution is 2.12. The van der Waals surface area contributed by atoms with Crippen LogP contribution in [0.25, 0.3) is 0 Å². The molecule has 104 valence electrons. The summed E-state index contributed by atoms with van der Waals surface area (Å²) in [6, 6.07) is 3.19. The normalized spacial score (nSPS) is 10.2. The molecule has 0 bridgehead atoms. The van der Waals surface area contributed by atoms with Gasteiger partial charge in [-0.3, -0.25) is 5.32 Å². The van der Waals surface area contributed by atoms with Crippen molar-refractivity contribution in [3.05, 3.63) is 29.8 Å². The average molecular weight is 288 g/mol. The molecule has 0 aliphatic rings. The Labute approximate surface area is 115 Å². The molecule has 0 radical (unpaired) electrons. The molecule has 0 spiro atoms. The van der Waals surface area contributed by atoms with E-state index in [1.807, 2.05) is 13.8 Å². The summed E-state index contributed by atoms with van der Waals surface area (Å²) in [5.41, 5.74) is 0.230. The third-order valence-corrected chi connectivity index (χ3v) is 2.14. The number of rotatable bonds is 3. The van der Waals surface area contributed by atoms with Gasteiger partial charge in [0.25, 0.3) is 0 Å². The molecule has 0 atom stereocenters. The van der Waals surface area contributed by atoms with Crippen molar-refractivity contribution < 1.29 is 18.3 Å². The van der Waals surface area contributed by atoms with Crippen LogP contribution >= 0.6 is 12.2 Å². The first-order valence-electron chi connectivity index (χ1n) is 5.58. The number of alkyl carbamates (subject to hydrolysis) is 1. The average Bonchev–Trinajstić information content (AvgIpc) is 2.31. The van der Waals surface area contributed by atoms with Crippen LogP contribution in [0.2, 0.25) is 0 Å². The predicted molar refractivity (Wildman–Crippen MR) is 71.9 cm³/mol. The summed E-state index contributed by atoms with van der Waals surface area (Å²) in [5.74, 6) is -1.76. The Morgan fingerprint density at radius 3 is 2.63 bits per heavy atom. The fourth-order valence-corrected chi connectivity index (χ4v) is 1.31. The Hall–Kier alpha value is -1.76. The first kappa shape index (κ1) is 15.3. The van der Waals surface area contributed by atoms with Gasteiger partial charge in [-0.25, -0.2) is 13.6 Å². The van der Waals surface area contributed by atoms with Crippen molar-refractivity contribution in [3.8, 4) is 0 Å². The highest BCUT2D eigenvalue weighted by atomic mass is 32.1. The molecule has 7 heteroatoms. The van der Waals surface area contributed by atoms with Gasteiger partial charge in [0.05, 0.1) is 6.61 Å². The lowest BCUT2D eigenvalue weighted by Gasteiger charge is -2.11. The van der Waals surface area contributed by atoms with Gasteiger partial charge in [-0.15, -0.1) is 0 Å². The molecule has 0 aromatic heterocycles. The van der Waals surface area contributed by atoms with Gasteiger partial charge in [0.15, 0.2) is 16.7 Å². The van der Waals surface area contributed by atoms with Gasteiger partial charge < -0.3 is 10.1 Å². The smallest absolute Gasteiger partial charge is 0.413 e. The quantitative estimate of drug-likeness (QED) is 0.839. The summed E-state index contributed by atoms with van der Waals surface area (Å²) < 4.78 is 30.5. The standard InChI is InChI=1S/C12H14F2N2O2S/c1-7(2)6-18-12(17)16-11(19)15-8-3-4-9(13)10(14)5-8/h3-5,7H,6H2,1-2H3,(H2,15,16,17,19). The van der Waals surface area contributed by atoms with E-state index in [9.17, 15) is 13.6 Å². The van der Waals surface area contributed by atoms with Crippen LogP contribution in [0.1, 0.15) is 13.8 Å². The van der Waals surface area contributed by atoms with E-state index in [2.05, 4.69) is 10.6 Å². The lowest BCUT2D eigenvalue weighted by Crippen LogP contribution is -2.35. The number of halogens is 2. The summed E-state index contributed by atoms with van der Waals surface area (Å²) in [4.78, 5) is 11.3. The number of carbonyl (C=O) groups excluding carboxylic acids is 1. The number of benzene rings is 1. The summed E-state index contributed by atoms with van der Waals surface area (Å²) in [5, 5.41) is 4.75. The Morgan fingerprint density at radius 2 is 2.05 bits per heavy atom. The molecular weight excluding hydrogens is 274 g/mol. The van der Waals surface area contributed by atoms with Gasteiger partial charge >= 0.3 is 6.09 Å². The van der Waals surface area contributed by atoms with Crippen LogP contribution < -0.4 is 10.6 Å². The zero-order chi connectivity index (χ0) is 14.4. The Bertz CT molecular complexity index is 481. The molecule has 2 N–H and O–H groups in total. The van der Waals surface area contributed by atoms with Crippen molar-refractivity contribution in [2.75, 3.05) is 11.9 Å². The monoisotopic (exact) mass is 288 g/mol. The molecule has 0 unspecified atom stereocenters. The van der Waals surface area contributed by atoms with E-state index in [1.165, 1.54) is 6.07 Å². The van der Waals surface area contributed by atoms with Crippen molar-refractivity contribution in [2.45, 2.75) is 13.8 Å². The molecule has 1 amide bonds. The van der Waals surface area contributed by atoms with Gasteiger partial charge in [-0.2, -0.15) is 0 Å². The van der Waals surface area contributed by atoms with Crippen LogP contribution in [0.3, 0.4) is 0 Å². The predicted octanol–water partition coefficient (Wildman–Crippen LogP) is 3.04. The van der Waals surface area contributed by atoms with E-state index in [0.717, 1.165) is 12.1 Å². The molecule has 4 nitrogen and oxygen atoms in total. The third kappa shape index (κ3) is 5.60. The van der Waals surface area contributed by atoms with E-state index in [0.29, 0.717) is 0 Å². The number of nitrogens with one attached hydrogen (secondary N) is 2. The van der Waals surface area contributed by atoms with Crippen LogP contribution in [0.4, 0.5) is 19.3 Å². The second-order valence-corrected chi connectivity index (χ2v) is 4.61. The molecular formula is C12H14F2N2O2S. The Morgan fingerprint density at radius 1 is 1.37 bits per heavy atom. The summed E-state index contributed by atoms with van der Waals surface area (Å²) in [6.45, 7) is 4.05. The van der Waals surface area contributed by atoms with E-state index < -0.39 is 17.7 Å². The van der Waals surface area contributed by atoms with Crippen LogP contribution in [0, 0.1) is 17.6 Å². The fourth-order valence-electron chi connectivity index (χ4n) is 1.11. The number of amides is 1. The van der Waals surface area contributed by atoms with Gasteiger partial charge in [0, 0.05) is 11.8 Å². The van der Waals surface area contributed by atoms with Gasteiger partial charge in [-0.1, -0.05) is 13.8 Å². The minimum absolute atomic E-state index is 0.0558. The van der Waals surface area contributed by atoms with Crippen molar-refractivity contribution in [1.82, 2.24) is 5.32 Å². The van der Waals surface area contributed by atoms with E-state index in [-0.39, 0.29) is 23.3 Å². The highest BCUT2D eigenvalue weighted by molar-refractivity contribution is 7.80. The van der Waals surface area contributed by atoms with Crippen molar-refractivity contribution in [2.24, 2.45) is 5.92 Å². The summed E-state index contributed by atoms with van der Waals surface area (Å²) >= 11 is 4.83. The SMILES string of the molecule is CC(C)COC(=O)NC(=S)Nc1ccc(F)c(F)c1. The second kappa shape index (κ2) is 6.98. The number of ether oxygens (including phenoxy) is 1. The molecule has 1 aromatic rings. The van der Waals surface area contributed by atoms with Gasteiger partial charge in [0.1, 0.15) is 0 Å². The number of carbonyl (C=O) groups is 1. The molecule has 1 rings (SSSR count). The number of thiocarbonyl (C=S) groups is 1. The molecule has 0 aliphatic heterocycles. The number of hydrogen-bond donors (Lipinski definition) is 2. The minimum atomic E-state index is -1.00. The lowest BCUT2D eigenvalue weighted by atomic mass is 10.2. The maximum absolute atomic E-state index is 12.9. The van der Waals surface area contributed by atoms with Crippen LogP contribution in [-0.4, -0.2) is 17.8 Å². The largest absolute Gasteiger partial charge is 0.449 e. The summed E-state index contributed by atoms with van der Waals surface area (Å²) in [7, 11) is 0. The first-order valence-corrected chi connectivity index (χ1v) is 5.99. The van der Waals surface area contributed by atoms with Crippen LogP contribution in [0.5, 0.6) is 0 Å². The van der Waals surface area contributed by atoms with Crippen molar-refractivity contribution in [3.63, 3.8) is 0 Å². The molecule has 0 heterocycles. The van der Waals surface area contributed by atoms with E-state index in [1.54, 1.807) is 0 Å². The van der Waals surface area contributed by atoms with E-state index in [4.69, 9.17) is 17.0 Å². The minimum Gasteiger partial charge on any atom is -0.449 e. The third-order valence-electron chi connectivity index (χ3n) is 1.94. The van der Waals surface area contributed by atoms with Crippen molar-refractivity contribution >= 4 is 29.1 Å². The zero-order valence-corrected chi connectivity index (χ0v) is 11.3. The second-order valence-electron chi connectivity index (χ2n) is 4.20. The van der Waals surface area contributed by atoms with E-state index >= 15 is 0 Å². The molecule has 1 aromatic carbocycles. The molecule has 19 heavy (non-hydrogen) atoms. The van der Waals surface area contributed by atoms with Crippen molar-refractivity contribution in [1.29, 1.82) is 0 Å². The highest BCUT2D eigenvalue weighted by Gasteiger charge is 2.08. The Kier molecular flexibility index (Phi) is 5.62. The number of anilines is 1. The topological polar surface area (TPSA) is 50.4 Å². The lowest BCUT2D eigenvalue weighted by molar-refractivity contribution is 0.138. The number of hydrogen-bond acceptors (Lipinski definition) is 3. The maximum Gasteiger partial charge on any atom is 0.413 e.